The number of pyridine rings is 1. The minimum atomic E-state index is -4.30. The van der Waals surface area contributed by atoms with Crippen LogP contribution in [0.2, 0.25) is 0 Å². The molecule has 0 amide bonds. The lowest BCUT2D eigenvalue weighted by Crippen LogP contribution is -2.41. The first-order valence-corrected chi connectivity index (χ1v) is 4.52. The van der Waals surface area contributed by atoms with Gasteiger partial charge < -0.3 is 4.90 Å². The van der Waals surface area contributed by atoms with E-state index in [0.29, 0.717) is 5.56 Å². The van der Waals surface area contributed by atoms with Crippen LogP contribution in [-0.2, 0) is 0 Å². The van der Waals surface area contributed by atoms with Crippen molar-refractivity contribution in [3.05, 3.63) is 23.9 Å². The molecule has 0 aromatic carbocycles. The predicted molar refractivity (Wildman–Crippen MR) is 52.9 cm³/mol. The maximum absolute atomic E-state index is 12.4. The van der Waals surface area contributed by atoms with E-state index < -0.39 is 12.2 Å². The van der Waals surface area contributed by atoms with Gasteiger partial charge in [0.15, 0.2) is 0 Å². The van der Waals surface area contributed by atoms with Gasteiger partial charge in [-0.15, -0.1) is 0 Å². The van der Waals surface area contributed by atoms with Crippen LogP contribution in [0.25, 0.3) is 0 Å². The van der Waals surface area contributed by atoms with Gasteiger partial charge in [0.05, 0.1) is 5.56 Å². The van der Waals surface area contributed by atoms with Gasteiger partial charge in [-0.25, -0.2) is 4.98 Å². The molecule has 1 rings (SSSR count). The number of hydrogen-bond acceptors (Lipinski definition) is 3. The standard InChI is InChI=1S/C10H10F3N3/c1-7(10(11,12)13)16(2)9-4-3-8(5-14)6-15-9/h3-4,6-7H,1-2H3. The maximum Gasteiger partial charge on any atom is 0.408 e. The molecule has 0 N–H and O–H groups in total. The molecule has 16 heavy (non-hydrogen) atoms. The number of aromatic nitrogens is 1. The lowest BCUT2D eigenvalue weighted by atomic mass is 10.2. The van der Waals surface area contributed by atoms with Crippen LogP contribution in [0.4, 0.5) is 19.0 Å². The van der Waals surface area contributed by atoms with Gasteiger partial charge >= 0.3 is 6.18 Å². The van der Waals surface area contributed by atoms with Crippen molar-refractivity contribution < 1.29 is 13.2 Å². The molecule has 0 spiro atoms. The van der Waals surface area contributed by atoms with Crippen LogP contribution in [0.3, 0.4) is 0 Å². The zero-order valence-corrected chi connectivity index (χ0v) is 8.78. The molecule has 86 valence electrons. The number of alkyl halides is 3. The van der Waals surface area contributed by atoms with Crippen LogP contribution >= 0.6 is 0 Å². The molecule has 0 aliphatic heterocycles. The summed E-state index contributed by atoms with van der Waals surface area (Å²) < 4.78 is 37.2. The second kappa shape index (κ2) is 4.39. The van der Waals surface area contributed by atoms with E-state index in [9.17, 15) is 13.2 Å². The molecule has 1 aromatic rings. The van der Waals surface area contributed by atoms with Crippen LogP contribution in [0.15, 0.2) is 18.3 Å². The summed E-state index contributed by atoms with van der Waals surface area (Å²) in [6.07, 6.45) is -3.06. The van der Waals surface area contributed by atoms with Crippen molar-refractivity contribution in [1.82, 2.24) is 4.98 Å². The molecule has 0 aliphatic rings. The van der Waals surface area contributed by atoms with Crippen LogP contribution in [0.1, 0.15) is 12.5 Å². The summed E-state index contributed by atoms with van der Waals surface area (Å²) in [6.45, 7) is 1.06. The molecule has 0 bridgehead atoms. The van der Waals surface area contributed by atoms with Gasteiger partial charge in [-0.1, -0.05) is 0 Å². The highest BCUT2D eigenvalue weighted by Gasteiger charge is 2.39. The number of anilines is 1. The Bertz CT molecular complexity index is 391. The molecule has 0 aliphatic carbocycles. The van der Waals surface area contributed by atoms with Gasteiger partial charge in [0.1, 0.15) is 17.9 Å². The Hall–Kier alpha value is -1.77. The Morgan fingerprint density at radius 3 is 2.44 bits per heavy atom. The SMILES string of the molecule is CC(N(C)c1ccc(C#N)cn1)C(F)(F)F. The lowest BCUT2D eigenvalue weighted by Gasteiger charge is -2.27. The zero-order valence-electron chi connectivity index (χ0n) is 8.78. The Balaban J connectivity index is 2.89. The first-order valence-electron chi connectivity index (χ1n) is 4.52. The second-order valence-electron chi connectivity index (χ2n) is 3.35. The topological polar surface area (TPSA) is 39.9 Å². The van der Waals surface area contributed by atoms with Crippen molar-refractivity contribution in [3.8, 4) is 6.07 Å². The summed E-state index contributed by atoms with van der Waals surface area (Å²) in [5.74, 6) is 0.184. The van der Waals surface area contributed by atoms with Gasteiger partial charge in [0.25, 0.3) is 0 Å². The van der Waals surface area contributed by atoms with E-state index in [0.717, 1.165) is 11.8 Å². The largest absolute Gasteiger partial charge is 0.408 e. The average Bonchev–Trinajstić information content (AvgIpc) is 2.26. The molecule has 0 radical (unpaired) electrons. The fraction of sp³-hybridized carbons (Fsp3) is 0.400. The number of halogens is 3. The minimum absolute atomic E-state index is 0.184. The van der Waals surface area contributed by atoms with Crippen molar-refractivity contribution in [2.45, 2.75) is 19.1 Å². The van der Waals surface area contributed by atoms with Gasteiger partial charge in [0, 0.05) is 13.2 Å². The maximum atomic E-state index is 12.4. The van der Waals surface area contributed by atoms with Crippen molar-refractivity contribution in [1.29, 1.82) is 5.26 Å². The third kappa shape index (κ3) is 2.63. The van der Waals surface area contributed by atoms with Gasteiger partial charge in [0.2, 0.25) is 0 Å². The summed E-state index contributed by atoms with van der Waals surface area (Å²) in [6, 6.07) is 3.05. The average molecular weight is 229 g/mol. The molecule has 0 saturated heterocycles. The number of nitriles is 1. The van der Waals surface area contributed by atoms with E-state index in [2.05, 4.69) is 4.98 Å². The van der Waals surface area contributed by atoms with Crippen LogP contribution in [0.5, 0.6) is 0 Å². The van der Waals surface area contributed by atoms with E-state index in [4.69, 9.17) is 5.26 Å². The predicted octanol–water partition coefficient (Wildman–Crippen LogP) is 2.34. The van der Waals surface area contributed by atoms with Crippen LogP contribution in [0, 0.1) is 11.3 Å². The van der Waals surface area contributed by atoms with Gasteiger partial charge in [-0.3, -0.25) is 0 Å². The van der Waals surface area contributed by atoms with E-state index in [1.165, 1.54) is 25.4 Å². The molecule has 1 unspecified atom stereocenters. The Labute approximate surface area is 91.1 Å². The molecule has 6 heteroatoms. The molecule has 1 atom stereocenters. The quantitative estimate of drug-likeness (QED) is 0.781. The molecule has 0 saturated carbocycles. The monoisotopic (exact) mass is 229 g/mol. The highest BCUT2D eigenvalue weighted by molar-refractivity contribution is 5.42. The van der Waals surface area contributed by atoms with Crippen molar-refractivity contribution >= 4 is 5.82 Å². The Morgan fingerprint density at radius 1 is 1.44 bits per heavy atom. The van der Waals surface area contributed by atoms with E-state index >= 15 is 0 Å². The van der Waals surface area contributed by atoms with Crippen LogP contribution < -0.4 is 4.90 Å². The fourth-order valence-corrected chi connectivity index (χ4v) is 1.08. The molecule has 0 fully saturated rings. The Morgan fingerprint density at radius 2 is 2.06 bits per heavy atom. The van der Waals surface area contributed by atoms with Crippen molar-refractivity contribution in [3.63, 3.8) is 0 Å². The second-order valence-corrected chi connectivity index (χ2v) is 3.35. The highest BCUT2D eigenvalue weighted by Crippen LogP contribution is 2.26. The zero-order chi connectivity index (χ0) is 12.3. The summed E-state index contributed by atoms with van der Waals surface area (Å²) in [5, 5.41) is 8.52. The minimum Gasteiger partial charge on any atom is -0.348 e. The van der Waals surface area contributed by atoms with Gasteiger partial charge in [-0.05, 0) is 19.1 Å². The van der Waals surface area contributed by atoms with Gasteiger partial charge in [-0.2, -0.15) is 18.4 Å². The summed E-state index contributed by atoms with van der Waals surface area (Å²) in [7, 11) is 1.31. The number of rotatable bonds is 2. The molecular formula is C10H10F3N3. The molecule has 3 nitrogen and oxygen atoms in total. The van der Waals surface area contributed by atoms with Crippen LogP contribution in [-0.4, -0.2) is 24.2 Å². The first kappa shape index (κ1) is 12.3. The third-order valence-corrected chi connectivity index (χ3v) is 2.29. The fourth-order valence-electron chi connectivity index (χ4n) is 1.08. The molecule has 1 heterocycles. The molecular weight excluding hydrogens is 219 g/mol. The van der Waals surface area contributed by atoms with E-state index in [-0.39, 0.29) is 5.82 Å². The van der Waals surface area contributed by atoms with E-state index in [1.54, 1.807) is 0 Å². The summed E-state index contributed by atoms with van der Waals surface area (Å²) in [4.78, 5) is 4.80. The van der Waals surface area contributed by atoms with Crippen molar-refractivity contribution in [2.24, 2.45) is 0 Å². The summed E-state index contributed by atoms with van der Waals surface area (Å²) >= 11 is 0. The lowest BCUT2D eigenvalue weighted by molar-refractivity contribution is -0.144. The van der Waals surface area contributed by atoms with Crippen molar-refractivity contribution in [2.75, 3.05) is 11.9 Å². The van der Waals surface area contributed by atoms with E-state index in [1.807, 2.05) is 6.07 Å². The highest BCUT2D eigenvalue weighted by atomic mass is 19.4. The Kier molecular flexibility index (Phi) is 3.38. The number of nitrogens with zero attached hydrogens (tertiary/aromatic N) is 3. The normalized spacial score (nSPS) is 13.0. The summed E-state index contributed by atoms with van der Waals surface area (Å²) in [5.41, 5.74) is 0.316. The first-order chi connectivity index (χ1) is 7.36. The smallest absolute Gasteiger partial charge is 0.348 e. The molecule has 1 aromatic heterocycles. The third-order valence-electron chi connectivity index (χ3n) is 2.29. The number of hydrogen-bond donors (Lipinski definition) is 0.